The number of carboxylic acid groups (broad SMARTS) is 1. The van der Waals surface area contributed by atoms with Crippen LogP contribution in [0, 0.1) is 5.41 Å². The van der Waals surface area contributed by atoms with Gasteiger partial charge in [0.15, 0.2) is 0 Å². The highest BCUT2D eigenvalue weighted by atomic mass is 16.5. The van der Waals surface area contributed by atoms with Gasteiger partial charge in [0.25, 0.3) is 0 Å². The van der Waals surface area contributed by atoms with Gasteiger partial charge in [0.2, 0.25) is 5.91 Å². The number of ether oxygens (including phenoxy) is 1. The van der Waals surface area contributed by atoms with E-state index in [1.54, 1.807) is 11.9 Å². The predicted molar refractivity (Wildman–Crippen MR) is 81.5 cm³/mol. The Morgan fingerprint density at radius 3 is 2.55 bits per heavy atom. The number of aliphatic carboxylic acids is 1. The maximum absolute atomic E-state index is 12.7. The minimum absolute atomic E-state index is 0.0254. The van der Waals surface area contributed by atoms with E-state index >= 15 is 0 Å². The molecule has 0 unspecified atom stereocenters. The molecule has 3 atom stereocenters. The molecule has 0 aromatic carbocycles. The molecule has 0 aromatic heterocycles. The monoisotopic (exact) mass is 316 g/mol. The van der Waals surface area contributed by atoms with Crippen molar-refractivity contribution in [1.29, 1.82) is 0 Å². The number of rotatable bonds is 8. The highest BCUT2D eigenvalue weighted by Crippen LogP contribution is 2.29. The van der Waals surface area contributed by atoms with E-state index < -0.39 is 23.5 Å². The van der Waals surface area contributed by atoms with Crippen molar-refractivity contribution in [3.63, 3.8) is 0 Å². The molecule has 1 amide bonds. The number of β-amino-alcohol motifs (C(OH)–C–C–N with tert-alkyl or cyclic N) is 1. The third-order valence-corrected chi connectivity index (χ3v) is 4.27. The molecule has 0 radical (unpaired) electrons. The molecule has 128 valence electrons. The van der Waals surface area contributed by atoms with E-state index in [2.05, 4.69) is 5.32 Å². The number of hydrogen-bond donors (Lipinski definition) is 3. The number of aliphatic hydroxyl groups excluding tert-OH is 1. The van der Waals surface area contributed by atoms with Crippen LogP contribution in [0.4, 0.5) is 0 Å². The van der Waals surface area contributed by atoms with Gasteiger partial charge in [-0.15, -0.1) is 0 Å². The molecule has 1 aliphatic heterocycles. The molecule has 1 heterocycles. The minimum Gasteiger partial charge on any atom is -0.480 e. The Bertz CT molecular complexity index is 399. The molecule has 3 N–H and O–H groups in total. The number of carbonyl (C=O) groups is 2. The molecule has 0 saturated carbocycles. The van der Waals surface area contributed by atoms with Crippen molar-refractivity contribution in [3.8, 4) is 0 Å². The molecule has 0 aliphatic carbocycles. The highest BCUT2D eigenvalue weighted by Gasteiger charge is 2.40. The van der Waals surface area contributed by atoms with Crippen LogP contribution in [-0.2, 0) is 14.3 Å². The van der Waals surface area contributed by atoms with Crippen molar-refractivity contribution in [3.05, 3.63) is 0 Å². The molecule has 0 bridgehead atoms. The van der Waals surface area contributed by atoms with E-state index in [9.17, 15) is 14.7 Å². The maximum atomic E-state index is 12.7. The summed E-state index contributed by atoms with van der Waals surface area (Å²) in [6, 6.07) is -0.383. The fourth-order valence-electron chi connectivity index (χ4n) is 2.96. The standard InChI is InChI=1S/C15H28N2O5/c1-10-7-11(18)8-17(10)14(21)13(16-4)15(2,3)5-6-22-9-12(19)20/h10-11,13,16,18H,5-9H2,1-4H3,(H,19,20)/t10-,11-,13-/m1/s1. The Balaban J connectivity index is 2.63. The largest absolute Gasteiger partial charge is 0.480 e. The molecule has 22 heavy (non-hydrogen) atoms. The van der Waals surface area contributed by atoms with Crippen LogP contribution in [0.15, 0.2) is 0 Å². The number of nitrogens with zero attached hydrogens (tertiary/aromatic N) is 1. The lowest BCUT2D eigenvalue weighted by molar-refractivity contribution is -0.143. The van der Waals surface area contributed by atoms with Crippen LogP contribution in [0.5, 0.6) is 0 Å². The van der Waals surface area contributed by atoms with Gasteiger partial charge in [0.05, 0.1) is 12.1 Å². The molecular formula is C15H28N2O5. The van der Waals surface area contributed by atoms with Crippen LogP contribution < -0.4 is 5.32 Å². The van der Waals surface area contributed by atoms with Gasteiger partial charge in [-0.2, -0.15) is 0 Å². The van der Waals surface area contributed by atoms with Crippen molar-refractivity contribution in [1.82, 2.24) is 10.2 Å². The number of hydrogen-bond acceptors (Lipinski definition) is 5. The summed E-state index contributed by atoms with van der Waals surface area (Å²) in [4.78, 5) is 24.9. The van der Waals surface area contributed by atoms with Gasteiger partial charge in [-0.1, -0.05) is 13.8 Å². The molecule has 1 rings (SSSR count). The third kappa shape index (κ3) is 4.93. The lowest BCUT2D eigenvalue weighted by atomic mass is 9.80. The van der Waals surface area contributed by atoms with E-state index in [0.29, 0.717) is 19.4 Å². The molecule has 1 aliphatic rings. The average molecular weight is 316 g/mol. The summed E-state index contributed by atoms with van der Waals surface area (Å²) in [6.45, 7) is 6.15. The third-order valence-electron chi connectivity index (χ3n) is 4.27. The molecule has 1 saturated heterocycles. The van der Waals surface area contributed by atoms with Gasteiger partial charge in [0, 0.05) is 19.2 Å². The van der Waals surface area contributed by atoms with E-state index in [-0.39, 0.29) is 25.2 Å². The Labute approximate surface area is 131 Å². The number of nitrogens with one attached hydrogen (secondary N) is 1. The molecule has 0 spiro atoms. The molecule has 7 heteroatoms. The van der Waals surface area contributed by atoms with Gasteiger partial charge in [-0.3, -0.25) is 4.79 Å². The Kier molecular flexibility index (Phi) is 6.77. The number of aliphatic hydroxyl groups is 1. The van der Waals surface area contributed by atoms with Gasteiger partial charge in [-0.05, 0) is 32.2 Å². The van der Waals surface area contributed by atoms with Crippen LogP contribution in [0.25, 0.3) is 0 Å². The average Bonchev–Trinajstić information content (AvgIpc) is 2.74. The number of amides is 1. The summed E-state index contributed by atoms with van der Waals surface area (Å²) in [5.74, 6) is -1.03. The second-order valence-corrected chi connectivity index (χ2v) is 6.64. The first-order chi connectivity index (χ1) is 10.2. The number of likely N-dealkylation sites (tertiary alicyclic amines) is 1. The maximum Gasteiger partial charge on any atom is 0.329 e. The zero-order chi connectivity index (χ0) is 16.9. The lowest BCUT2D eigenvalue weighted by Crippen LogP contribution is -2.54. The Morgan fingerprint density at radius 1 is 1.45 bits per heavy atom. The lowest BCUT2D eigenvalue weighted by Gasteiger charge is -2.36. The second-order valence-electron chi connectivity index (χ2n) is 6.64. The summed E-state index contributed by atoms with van der Waals surface area (Å²) in [5.41, 5.74) is -0.391. The van der Waals surface area contributed by atoms with Crippen LogP contribution in [-0.4, -0.2) is 72.0 Å². The number of carbonyl (C=O) groups excluding carboxylic acids is 1. The first-order valence-electron chi connectivity index (χ1n) is 7.64. The van der Waals surface area contributed by atoms with Crippen LogP contribution in [0.2, 0.25) is 0 Å². The van der Waals surface area contributed by atoms with E-state index in [1.165, 1.54) is 0 Å². The van der Waals surface area contributed by atoms with E-state index in [0.717, 1.165) is 0 Å². The van der Waals surface area contributed by atoms with E-state index in [4.69, 9.17) is 9.84 Å². The van der Waals surface area contributed by atoms with Crippen molar-refractivity contribution in [2.45, 2.75) is 51.8 Å². The van der Waals surface area contributed by atoms with Crippen LogP contribution in [0.1, 0.15) is 33.6 Å². The van der Waals surface area contributed by atoms with Crippen LogP contribution in [0.3, 0.4) is 0 Å². The van der Waals surface area contributed by atoms with Gasteiger partial charge >= 0.3 is 5.97 Å². The van der Waals surface area contributed by atoms with E-state index in [1.807, 2.05) is 20.8 Å². The summed E-state index contributed by atoms with van der Waals surface area (Å²) < 4.78 is 5.08. The zero-order valence-electron chi connectivity index (χ0n) is 13.8. The summed E-state index contributed by atoms with van der Waals surface area (Å²) in [5, 5.41) is 21.3. The highest BCUT2D eigenvalue weighted by molar-refractivity contribution is 5.83. The molecule has 0 aromatic rings. The van der Waals surface area contributed by atoms with Crippen molar-refractivity contribution in [2.75, 3.05) is 26.8 Å². The molecule has 1 fully saturated rings. The minimum atomic E-state index is -1.00. The quantitative estimate of drug-likeness (QED) is 0.548. The molecular weight excluding hydrogens is 288 g/mol. The molecule has 7 nitrogen and oxygen atoms in total. The number of carboxylic acids is 1. The summed E-state index contributed by atoms with van der Waals surface area (Å²) in [7, 11) is 1.74. The fourth-order valence-corrected chi connectivity index (χ4v) is 2.96. The smallest absolute Gasteiger partial charge is 0.329 e. The summed E-state index contributed by atoms with van der Waals surface area (Å²) in [6.07, 6.45) is 0.700. The number of likely N-dealkylation sites (N-methyl/N-ethyl adjacent to an activating group) is 1. The Morgan fingerprint density at radius 2 is 2.09 bits per heavy atom. The predicted octanol–water partition coefficient (Wildman–Crippen LogP) is 0.0736. The zero-order valence-corrected chi connectivity index (χ0v) is 13.8. The first-order valence-corrected chi connectivity index (χ1v) is 7.64. The van der Waals surface area contributed by atoms with Crippen LogP contribution >= 0.6 is 0 Å². The van der Waals surface area contributed by atoms with Gasteiger partial charge < -0.3 is 25.2 Å². The topological polar surface area (TPSA) is 99.1 Å². The van der Waals surface area contributed by atoms with Crippen molar-refractivity contribution in [2.24, 2.45) is 5.41 Å². The van der Waals surface area contributed by atoms with Gasteiger partial charge in [0.1, 0.15) is 6.61 Å². The van der Waals surface area contributed by atoms with Crippen molar-refractivity contribution < 1.29 is 24.5 Å². The Hall–Kier alpha value is -1.18. The normalized spacial score (nSPS) is 23.6. The summed E-state index contributed by atoms with van der Waals surface area (Å²) >= 11 is 0. The fraction of sp³-hybridized carbons (Fsp3) is 0.867. The van der Waals surface area contributed by atoms with Crippen molar-refractivity contribution >= 4 is 11.9 Å². The SMILES string of the molecule is CN[C@H](C(=O)N1C[C@H](O)C[C@H]1C)C(C)(C)CCOCC(=O)O. The van der Waals surface area contributed by atoms with Gasteiger partial charge in [-0.25, -0.2) is 4.79 Å². The second kappa shape index (κ2) is 7.89. The first kappa shape index (κ1) is 18.9.